The number of amides is 1. The number of carbonyl (C=O) groups excluding carboxylic acids is 1. The second-order valence-corrected chi connectivity index (χ2v) is 8.15. The lowest BCUT2D eigenvalue weighted by Crippen LogP contribution is -2.08. The predicted octanol–water partition coefficient (Wildman–Crippen LogP) is 6.39. The van der Waals surface area contributed by atoms with Gasteiger partial charge >= 0.3 is 12.2 Å². The first-order valence-corrected chi connectivity index (χ1v) is 11.1. The fourth-order valence-electron chi connectivity index (χ4n) is 3.34. The van der Waals surface area contributed by atoms with Gasteiger partial charge in [0.25, 0.3) is 0 Å². The molecule has 0 aliphatic heterocycles. The van der Waals surface area contributed by atoms with E-state index < -0.39 is 11.7 Å². The number of ether oxygens (including phenoxy) is 1. The number of halogens is 3. The predicted molar refractivity (Wildman–Crippen MR) is 132 cm³/mol. The van der Waals surface area contributed by atoms with Crippen molar-refractivity contribution in [3.63, 3.8) is 0 Å². The number of anilines is 1. The van der Waals surface area contributed by atoms with Gasteiger partial charge in [-0.15, -0.1) is 5.10 Å². The summed E-state index contributed by atoms with van der Waals surface area (Å²) >= 11 is 0. The molecule has 6 nitrogen and oxygen atoms in total. The van der Waals surface area contributed by atoms with Crippen molar-refractivity contribution in [1.82, 2.24) is 14.8 Å². The van der Waals surface area contributed by atoms with Gasteiger partial charge < -0.3 is 10.1 Å². The number of carbonyl (C=O) groups is 1. The zero-order valence-electron chi connectivity index (χ0n) is 19.5. The van der Waals surface area contributed by atoms with E-state index in [9.17, 15) is 18.0 Å². The van der Waals surface area contributed by atoms with E-state index in [0.29, 0.717) is 22.8 Å². The molecule has 0 unspecified atom stereocenters. The SMILES string of the molecule is CC(C)Oc1nc(-c2ccc(C(F)(F)F)cc2)n(-c2ccc(NC(=O)C=Cc3ccccc3)cc2)n1. The molecule has 0 aliphatic rings. The molecule has 3 aromatic carbocycles. The van der Waals surface area contributed by atoms with E-state index in [2.05, 4.69) is 15.4 Å². The molecule has 0 aliphatic carbocycles. The van der Waals surface area contributed by atoms with E-state index in [0.717, 1.165) is 17.7 Å². The third kappa shape index (κ3) is 6.18. The normalized spacial score (nSPS) is 11.7. The minimum absolute atomic E-state index is 0.100. The highest BCUT2D eigenvalue weighted by Gasteiger charge is 2.30. The van der Waals surface area contributed by atoms with Crippen molar-refractivity contribution in [1.29, 1.82) is 0 Å². The molecule has 0 bridgehead atoms. The molecule has 1 aromatic heterocycles. The highest BCUT2D eigenvalue weighted by atomic mass is 19.4. The molecule has 0 spiro atoms. The van der Waals surface area contributed by atoms with Gasteiger partial charge in [0.15, 0.2) is 5.82 Å². The summed E-state index contributed by atoms with van der Waals surface area (Å²) in [7, 11) is 0. The van der Waals surface area contributed by atoms with Gasteiger partial charge in [-0.05, 0) is 61.9 Å². The van der Waals surface area contributed by atoms with E-state index in [4.69, 9.17) is 4.74 Å². The summed E-state index contributed by atoms with van der Waals surface area (Å²) in [5.74, 6) is 0.0346. The average molecular weight is 493 g/mol. The maximum absolute atomic E-state index is 13.0. The van der Waals surface area contributed by atoms with Crippen molar-refractivity contribution in [2.75, 3.05) is 5.32 Å². The second kappa shape index (κ2) is 10.5. The maximum atomic E-state index is 13.0. The monoisotopic (exact) mass is 492 g/mol. The number of alkyl halides is 3. The summed E-state index contributed by atoms with van der Waals surface area (Å²) in [4.78, 5) is 16.6. The summed E-state index contributed by atoms with van der Waals surface area (Å²) in [5, 5.41) is 7.17. The molecule has 1 heterocycles. The van der Waals surface area contributed by atoms with Crippen LogP contribution >= 0.6 is 0 Å². The van der Waals surface area contributed by atoms with Crippen LogP contribution in [0.1, 0.15) is 25.0 Å². The quantitative estimate of drug-likeness (QED) is 0.304. The van der Waals surface area contributed by atoms with Crippen molar-refractivity contribution in [3.05, 3.63) is 96.1 Å². The van der Waals surface area contributed by atoms with Crippen LogP contribution in [0.25, 0.3) is 23.2 Å². The lowest BCUT2D eigenvalue weighted by molar-refractivity contribution is -0.137. The minimum Gasteiger partial charge on any atom is -0.460 e. The maximum Gasteiger partial charge on any atom is 0.416 e. The van der Waals surface area contributed by atoms with Crippen molar-refractivity contribution in [3.8, 4) is 23.1 Å². The van der Waals surface area contributed by atoms with Crippen LogP contribution in [-0.4, -0.2) is 26.8 Å². The molecule has 0 radical (unpaired) electrons. The summed E-state index contributed by atoms with van der Waals surface area (Å²) in [6.07, 6.45) is -1.47. The Balaban J connectivity index is 1.57. The van der Waals surface area contributed by atoms with Gasteiger partial charge in [0.1, 0.15) is 0 Å². The van der Waals surface area contributed by atoms with Crippen LogP contribution in [0.4, 0.5) is 18.9 Å². The molecule has 1 amide bonds. The summed E-state index contributed by atoms with van der Waals surface area (Å²) in [6.45, 7) is 3.64. The number of benzene rings is 3. The Morgan fingerprint density at radius 1 is 0.972 bits per heavy atom. The molecular weight excluding hydrogens is 469 g/mol. The van der Waals surface area contributed by atoms with Crippen molar-refractivity contribution in [2.45, 2.75) is 26.1 Å². The Hall–Kier alpha value is -4.40. The Labute approximate surface area is 206 Å². The van der Waals surface area contributed by atoms with Crippen molar-refractivity contribution >= 4 is 17.7 Å². The lowest BCUT2D eigenvalue weighted by atomic mass is 10.1. The molecule has 1 N–H and O–H groups in total. The third-order valence-corrected chi connectivity index (χ3v) is 5.01. The molecule has 0 saturated heterocycles. The first kappa shape index (κ1) is 24.7. The zero-order valence-corrected chi connectivity index (χ0v) is 19.5. The minimum atomic E-state index is -4.44. The van der Waals surface area contributed by atoms with Crippen LogP contribution in [0, 0.1) is 0 Å². The van der Waals surface area contributed by atoms with Crippen LogP contribution in [0.15, 0.2) is 84.9 Å². The molecule has 36 heavy (non-hydrogen) atoms. The average Bonchev–Trinajstić information content (AvgIpc) is 3.26. The highest BCUT2D eigenvalue weighted by molar-refractivity contribution is 6.01. The summed E-state index contributed by atoms with van der Waals surface area (Å²) in [5.41, 5.74) is 1.75. The van der Waals surface area contributed by atoms with E-state index in [1.165, 1.54) is 22.9 Å². The largest absolute Gasteiger partial charge is 0.460 e. The van der Waals surface area contributed by atoms with E-state index >= 15 is 0 Å². The molecule has 0 atom stereocenters. The molecular formula is C27H23F3N4O2. The van der Waals surface area contributed by atoms with Gasteiger partial charge in [0.05, 0.1) is 17.4 Å². The number of rotatable bonds is 7. The second-order valence-electron chi connectivity index (χ2n) is 8.15. The summed E-state index contributed by atoms with van der Waals surface area (Å²) < 4.78 is 46.1. The summed E-state index contributed by atoms with van der Waals surface area (Å²) in [6, 6.07) is 21.1. The van der Waals surface area contributed by atoms with E-state index in [-0.39, 0.29) is 18.0 Å². The van der Waals surface area contributed by atoms with Gasteiger partial charge in [-0.3, -0.25) is 4.79 Å². The molecule has 0 saturated carbocycles. The van der Waals surface area contributed by atoms with Crippen molar-refractivity contribution < 1.29 is 22.7 Å². The molecule has 0 fully saturated rings. The first-order valence-electron chi connectivity index (χ1n) is 11.1. The van der Waals surface area contributed by atoms with Crippen LogP contribution < -0.4 is 10.1 Å². The number of nitrogens with one attached hydrogen (secondary N) is 1. The number of hydrogen-bond acceptors (Lipinski definition) is 4. The number of hydrogen-bond donors (Lipinski definition) is 1. The van der Waals surface area contributed by atoms with E-state index in [1.54, 1.807) is 30.3 Å². The van der Waals surface area contributed by atoms with Gasteiger partial charge in [-0.2, -0.15) is 18.2 Å². The Morgan fingerprint density at radius 3 is 2.25 bits per heavy atom. The first-order chi connectivity index (χ1) is 17.2. The smallest absolute Gasteiger partial charge is 0.416 e. The molecule has 4 aromatic rings. The number of nitrogens with zero attached hydrogens (tertiary/aromatic N) is 3. The highest BCUT2D eigenvalue weighted by Crippen LogP contribution is 2.31. The topological polar surface area (TPSA) is 69.0 Å². The van der Waals surface area contributed by atoms with Gasteiger partial charge in [-0.1, -0.05) is 42.5 Å². The standard InChI is InChI=1S/C27H23F3N4O2/c1-18(2)36-26-32-25(20-9-11-21(12-10-20)27(28,29)30)34(33-26)23-15-13-22(14-16-23)31-24(35)17-8-19-6-4-3-5-7-19/h3-18H,1-2H3,(H,31,35). The Morgan fingerprint density at radius 2 is 1.64 bits per heavy atom. The van der Waals surface area contributed by atoms with Crippen LogP contribution in [0.5, 0.6) is 6.01 Å². The lowest BCUT2D eigenvalue weighted by Gasteiger charge is -2.09. The Kier molecular flexibility index (Phi) is 7.19. The van der Waals surface area contributed by atoms with Crippen LogP contribution in [0.2, 0.25) is 0 Å². The van der Waals surface area contributed by atoms with Crippen LogP contribution in [-0.2, 0) is 11.0 Å². The third-order valence-electron chi connectivity index (χ3n) is 5.01. The fourth-order valence-corrected chi connectivity index (χ4v) is 3.34. The van der Waals surface area contributed by atoms with E-state index in [1.807, 2.05) is 44.2 Å². The van der Waals surface area contributed by atoms with Gasteiger partial charge in [0.2, 0.25) is 5.91 Å². The number of aromatic nitrogens is 3. The van der Waals surface area contributed by atoms with Crippen molar-refractivity contribution in [2.24, 2.45) is 0 Å². The van der Waals surface area contributed by atoms with Gasteiger partial charge in [-0.25, -0.2) is 4.68 Å². The molecule has 184 valence electrons. The van der Waals surface area contributed by atoms with Gasteiger partial charge in [0, 0.05) is 17.3 Å². The molecule has 9 heteroatoms. The molecule has 4 rings (SSSR count). The Bertz CT molecular complexity index is 1340. The zero-order chi connectivity index (χ0) is 25.7. The van der Waals surface area contributed by atoms with Crippen LogP contribution in [0.3, 0.4) is 0 Å². The fraction of sp³-hybridized carbons (Fsp3) is 0.148.